The van der Waals surface area contributed by atoms with E-state index < -0.39 is 11.7 Å². The Morgan fingerprint density at radius 3 is 2.36 bits per heavy atom. The number of halogens is 4. The number of Topliss-reactive ketones (excluding diaryl/α,β-unsaturated/α-hetero) is 1. The van der Waals surface area contributed by atoms with Crippen LogP contribution in [0.4, 0.5) is 36.3 Å². The van der Waals surface area contributed by atoms with Gasteiger partial charge in [0.15, 0.2) is 5.78 Å². The van der Waals surface area contributed by atoms with Gasteiger partial charge in [0.25, 0.3) is 0 Å². The van der Waals surface area contributed by atoms with E-state index in [2.05, 4.69) is 5.32 Å². The van der Waals surface area contributed by atoms with Crippen molar-refractivity contribution in [3.05, 3.63) is 70.4 Å². The first-order valence-corrected chi connectivity index (χ1v) is 12.2. The average Bonchev–Trinajstić information content (AvgIpc) is 2.84. The number of fused-ring (bicyclic) bond motifs is 1. The summed E-state index contributed by atoms with van der Waals surface area (Å²) in [6, 6.07) is 12.6. The number of nitrogens with zero attached hydrogens (tertiary/aromatic N) is 4. The standard InChI is InChI=1S/C26H25ClF3N5O/c1-16-13-21-23(22(36)14-16)24(31-19-7-5-18(27)6-8-19)33-25(32-21)35-11-9-34(10-12-35)20-4-2-3-17(15-20)26(28,29)30/h2-8,15-16H,9-14H2,1H3,(H,31,32,33). The van der Waals surface area contributed by atoms with E-state index in [0.29, 0.717) is 67.1 Å². The second-order valence-electron chi connectivity index (χ2n) is 9.28. The Morgan fingerprint density at radius 2 is 1.67 bits per heavy atom. The molecule has 1 unspecified atom stereocenters. The summed E-state index contributed by atoms with van der Waals surface area (Å²) in [6.07, 6.45) is -3.26. The molecule has 1 aromatic heterocycles. The molecule has 5 rings (SSSR count). The summed E-state index contributed by atoms with van der Waals surface area (Å²) in [7, 11) is 0. The minimum atomic E-state index is -4.38. The van der Waals surface area contributed by atoms with Crippen molar-refractivity contribution in [2.45, 2.75) is 25.9 Å². The number of alkyl halides is 3. The van der Waals surface area contributed by atoms with Crippen molar-refractivity contribution in [3.8, 4) is 0 Å². The van der Waals surface area contributed by atoms with E-state index in [1.807, 2.05) is 28.9 Å². The molecule has 0 spiro atoms. The number of benzene rings is 2. The van der Waals surface area contributed by atoms with E-state index in [9.17, 15) is 18.0 Å². The summed E-state index contributed by atoms with van der Waals surface area (Å²) in [6.45, 7) is 4.16. The zero-order valence-corrected chi connectivity index (χ0v) is 20.4. The summed E-state index contributed by atoms with van der Waals surface area (Å²) < 4.78 is 39.4. The van der Waals surface area contributed by atoms with Crippen molar-refractivity contribution in [1.82, 2.24) is 9.97 Å². The van der Waals surface area contributed by atoms with Gasteiger partial charge in [-0.1, -0.05) is 24.6 Å². The van der Waals surface area contributed by atoms with Gasteiger partial charge in [-0.05, 0) is 54.8 Å². The number of nitrogens with one attached hydrogen (secondary N) is 1. The van der Waals surface area contributed by atoms with Gasteiger partial charge in [0.1, 0.15) is 5.82 Å². The summed E-state index contributed by atoms with van der Waals surface area (Å²) >= 11 is 6.01. The van der Waals surface area contributed by atoms with E-state index in [-0.39, 0.29) is 11.7 Å². The van der Waals surface area contributed by atoms with Crippen LogP contribution in [-0.2, 0) is 12.6 Å². The van der Waals surface area contributed by atoms with Gasteiger partial charge in [0.2, 0.25) is 5.95 Å². The van der Waals surface area contributed by atoms with Gasteiger partial charge in [0.05, 0.1) is 16.8 Å². The molecular formula is C26H25ClF3N5O. The second kappa shape index (κ2) is 9.61. The molecule has 1 N–H and O–H groups in total. The van der Waals surface area contributed by atoms with Gasteiger partial charge in [-0.15, -0.1) is 0 Å². The van der Waals surface area contributed by atoms with Crippen LogP contribution in [0.5, 0.6) is 0 Å². The Labute approximate surface area is 212 Å². The number of hydrogen-bond donors (Lipinski definition) is 1. The normalized spacial score (nSPS) is 18.2. The van der Waals surface area contributed by atoms with Crippen LogP contribution in [-0.4, -0.2) is 41.9 Å². The van der Waals surface area contributed by atoms with Gasteiger partial charge in [-0.2, -0.15) is 18.2 Å². The SMILES string of the molecule is CC1CC(=O)c2c(nc(N3CCN(c4cccc(C(F)(F)F)c4)CC3)nc2Nc2ccc(Cl)cc2)C1. The predicted octanol–water partition coefficient (Wildman–Crippen LogP) is 5.98. The zero-order valence-electron chi connectivity index (χ0n) is 19.6. The van der Waals surface area contributed by atoms with Gasteiger partial charge in [0, 0.05) is 49.0 Å². The third-order valence-electron chi connectivity index (χ3n) is 6.53. The topological polar surface area (TPSA) is 61.4 Å². The number of piperazine rings is 1. The Bertz CT molecular complexity index is 1270. The monoisotopic (exact) mass is 515 g/mol. The minimum absolute atomic E-state index is 0.0149. The summed E-state index contributed by atoms with van der Waals surface area (Å²) in [5.41, 5.74) is 1.89. The highest BCUT2D eigenvalue weighted by atomic mass is 35.5. The van der Waals surface area contributed by atoms with Crippen LogP contribution >= 0.6 is 11.6 Å². The van der Waals surface area contributed by atoms with Crippen LogP contribution in [0.15, 0.2) is 48.5 Å². The lowest BCUT2D eigenvalue weighted by molar-refractivity contribution is -0.137. The molecule has 1 aliphatic carbocycles. The van der Waals surface area contributed by atoms with Crippen molar-refractivity contribution in [2.75, 3.05) is 41.3 Å². The Morgan fingerprint density at radius 1 is 0.972 bits per heavy atom. The van der Waals surface area contributed by atoms with Gasteiger partial charge in [-0.25, -0.2) is 4.98 Å². The number of carbonyl (C=O) groups is 1. The van der Waals surface area contributed by atoms with Crippen molar-refractivity contribution in [3.63, 3.8) is 0 Å². The molecule has 6 nitrogen and oxygen atoms in total. The molecule has 1 saturated heterocycles. The van der Waals surface area contributed by atoms with Crippen LogP contribution in [0.2, 0.25) is 5.02 Å². The molecule has 1 atom stereocenters. The maximum absolute atomic E-state index is 13.1. The van der Waals surface area contributed by atoms with Crippen molar-refractivity contribution < 1.29 is 18.0 Å². The maximum atomic E-state index is 13.1. The number of rotatable bonds is 4. The lowest BCUT2D eigenvalue weighted by Gasteiger charge is -2.37. The zero-order chi connectivity index (χ0) is 25.4. The number of carbonyl (C=O) groups excluding carboxylic acids is 1. The first kappa shape index (κ1) is 24.4. The Balaban J connectivity index is 1.39. The lowest BCUT2D eigenvalue weighted by Crippen LogP contribution is -2.47. The first-order chi connectivity index (χ1) is 17.2. The van der Waals surface area contributed by atoms with E-state index in [0.717, 1.165) is 17.4 Å². The lowest BCUT2D eigenvalue weighted by atomic mass is 9.87. The largest absolute Gasteiger partial charge is 0.416 e. The van der Waals surface area contributed by atoms with Crippen LogP contribution in [0.1, 0.15) is 35.0 Å². The predicted molar refractivity (Wildman–Crippen MR) is 134 cm³/mol. The number of hydrogen-bond acceptors (Lipinski definition) is 6. The van der Waals surface area contributed by atoms with Crippen molar-refractivity contribution in [1.29, 1.82) is 0 Å². The maximum Gasteiger partial charge on any atom is 0.416 e. The van der Waals surface area contributed by atoms with E-state index in [4.69, 9.17) is 21.6 Å². The van der Waals surface area contributed by atoms with E-state index >= 15 is 0 Å². The number of anilines is 4. The molecule has 0 bridgehead atoms. The molecule has 0 amide bonds. The molecule has 1 aliphatic heterocycles. The molecule has 2 aromatic carbocycles. The van der Waals surface area contributed by atoms with Gasteiger partial charge in [-0.3, -0.25) is 4.79 Å². The van der Waals surface area contributed by atoms with Crippen LogP contribution in [0.3, 0.4) is 0 Å². The Hall–Kier alpha value is -3.33. The quantitative estimate of drug-likeness (QED) is 0.461. The van der Waals surface area contributed by atoms with Crippen molar-refractivity contribution >= 4 is 40.5 Å². The summed E-state index contributed by atoms with van der Waals surface area (Å²) in [5.74, 6) is 1.18. The van der Waals surface area contributed by atoms with Crippen LogP contribution < -0.4 is 15.1 Å². The van der Waals surface area contributed by atoms with Crippen molar-refractivity contribution in [2.24, 2.45) is 5.92 Å². The van der Waals surface area contributed by atoms with Gasteiger partial charge >= 0.3 is 6.18 Å². The van der Waals surface area contributed by atoms with E-state index in [1.165, 1.54) is 12.1 Å². The third-order valence-corrected chi connectivity index (χ3v) is 6.79. The first-order valence-electron chi connectivity index (χ1n) is 11.8. The fraction of sp³-hybridized carbons (Fsp3) is 0.346. The highest BCUT2D eigenvalue weighted by Crippen LogP contribution is 2.34. The average molecular weight is 516 g/mol. The molecule has 0 saturated carbocycles. The summed E-state index contributed by atoms with van der Waals surface area (Å²) in [5, 5.41) is 3.87. The van der Waals surface area contributed by atoms with E-state index in [1.54, 1.807) is 18.2 Å². The second-order valence-corrected chi connectivity index (χ2v) is 9.72. The highest BCUT2D eigenvalue weighted by molar-refractivity contribution is 6.30. The van der Waals surface area contributed by atoms with Crippen LogP contribution in [0, 0.1) is 5.92 Å². The minimum Gasteiger partial charge on any atom is -0.368 e. The molecule has 3 aromatic rings. The summed E-state index contributed by atoms with van der Waals surface area (Å²) in [4.78, 5) is 26.3. The molecule has 2 heterocycles. The molecule has 2 aliphatic rings. The number of aromatic nitrogens is 2. The highest BCUT2D eigenvalue weighted by Gasteiger charge is 2.32. The molecule has 0 radical (unpaired) electrons. The molecule has 10 heteroatoms. The fourth-order valence-electron chi connectivity index (χ4n) is 4.70. The molecule has 188 valence electrons. The van der Waals surface area contributed by atoms with Crippen LogP contribution in [0.25, 0.3) is 0 Å². The van der Waals surface area contributed by atoms with Gasteiger partial charge < -0.3 is 15.1 Å². The third kappa shape index (κ3) is 5.11. The molecule has 36 heavy (non-hydrogen) atoms. The smallest absolute Gasteiger partial charge is 0.368 e. The molecular weight excluding hydrogens is 491 g/mol. The fourth-order valence-corrected chi connectivity index (χ4v) is 4.83. The molecule has 1 fully saturated rings. The number of ketones is 1. The Kier molecular flexibility index (Phi) is 6.51.